The second-order valence-electron chi connectivity index (χ2n) is 4.16. The van der Waals surface area contributed by atoms with Gasteiger partial charge in [-0.25, -0.2) is 0 Å². The Hall–Kier alpha value is -0.860. The molecule has 0 radical (unpaired) electrons. The van der Waals surface area contributed by atoms with Gasteiger partial charge in [0.25, 0.3) is 0 Å². The minimum Gasteiger partial charge on any atom is -0.469 e. The van der Waals surface area contributed by atoms with Crippen molar-refractivity contribution < 1.29 is 14.3 Å². The number of carbonyl (C=O) groups excluding carboxylic acids is 2. The SMILES string of the molecule is COC(=O)[C@@H]1C[C@@H]2C[C@H]2C[C@H]1C=O. The summed E-state index contributed by atoms with van der Waals surface area (Å²) in [4.78, 5) is 22.1. The van der Waals surface area contributed by atoms with Crippen molar-refractivity contribution in [3.63, 3.8) is 0 Å². The Morgan fingerprint density at radius 2 is 2.00 bits per heavy atom. The topological polar surface area (TPSA) is 43.4 Å². The van der Waals surface area contributed by atoms with E-state index >= 15 is 0 Å². The van der Waals surface area contributed by atoms with Crippen molar-refractivity contribution in [2.75, 3.05) is 7.11 Å². The summed E-state index contributed by atoms with van der Waals surface area (Å²) in [5.41, 5.74) is 0. The summed E-state index contributed by atoms with van der Waals surface area (Å²) in [5.74, 6) is 0.960. The van der Waals surface area contributed by atoms with Crippen LogP contribution < -0.4 is 0 Å². The lowest BCUT2D eigenvalue weighted by atomic mass is 9.80. The van der Waals surface area contributed by atoms with Crippen molar-refractivity contribution in [3.05, 3.63) is 0 Å². The molecule has 0 aliphatic heterocycles. The summed E-state index contributed by atoms with van der Waals surface area (Å²) < 4.78 is 4.69. The van der Waals surface area contributed by atoms with Crippen LogP contribution in [0.4, 0.5) is 0 Å². The number of esters is 1. The van der Waals surface area contributed by atoms with Crippen molar-refractivity contribution in [3.8, 4) is 0 Å². The second-order valence-corrected chi connectivity index (χ2v) is 4.16. The summed E-state index contributed by atoms with van der Waals surface area (Å²) in [7, 11) is 1.39. The van der Waals surface area contributed by atoms with Gasteiger partial charge in [-0.05, 0) is 31.1 Å². The zero-order valence-electron chi connectivity index (χ0n) is 7.73. The van der Waals surface area contributed by atoms with Gasteiger partial charge in [0.1, 0.15) is 6.29 Å². The molecule has 0 heterocycles. The van der Waals surface area contributed by atoms with E-state index in [1.807, 2.05) is 0 Å². The summed E-state index contributed by atoms with van der Waals surface area (Å²) in [6.45, 7) is 0. The lowest BCUT2D eigenvalue weighted by Crippen LogP contribution is -2.30. The summed E-state index contributed by atoms with van der Waals surface area (Å²) in [6, 6.07) is 0. The highest BCUT2D eigenvalue weighted by atomic mass is 16.5. The van der Waals surface area contributed by atoms with Gasteiger partial charge in [-0.2, -0.15) is 0 Å². The lowest BCUT2D eigenvalue weighted by Gasteiger charge is -2.24. The van der Waals surface area contributed by atoms with Crippen molar-refractivity contribution in [2.24, 2.45) is 23.7 Å². The van der Waals surface area contributed by atoms with Crippen LogP contribution in [0.15, 0.2) is 0 Å². The quantitative estimate of drug-likeness (QED) is 0.473. The van der Waals surface area contributed by atoms with E-state index in [-0.39, 0.29) is 17.8 Å². The average molecular weight is 182 g/mol. The first-order valence-electron chi connectivity index (χ1n) is 4.79. The molecule has 13 heavy (non-hydrogen) atoms. The standard InChI is InChI=1S/C10H14O3/c1-13-10(12)9-4-7-2-6(7)3-8(9)5-11/h5-9H,2-4H2,1H3/t6-,7-,8-,9+/m0/s1. The van der Waals surface area contributed by atoms with Gasteiger partial charge in [-0.1, -0.05) is 0 Å². The highest BCUT2D eigenvalue weighted by Crippen LogP contribution is 2.53. The maximum atomic E-state index is 11.3. The number of ether oxygens (including phenoxy) is 1. The Labute approximate surface area is 77.4 Å². The van der Waals surface area contributed by atoms with Crippen LogP contribution >= 0.6 is 0 Å². The van der Waals surface area contributed by atoms with E-state index < -0.39 is 0 Å². The Kier molecular flexibility index (Phi) is 2.10. The predicted molar refractivity (Wildman–Crippen MR) is 45.9 cm³/mol. The molecule has 0 aromatic heterocycles. The highest BCUT2D eigenvalue weighted by Gasteiger charge is 2.48. The van der Waals surface area contributed by atoms with E-state index in [0.29, 0.717) is 5.92 Å². The maximum absolute atomic E-state index is 11.3. The molecule has 0 N–H and O–H groups in total. The molecular weight excluding hydrogens is 168 g/mol. The molecule has 2 aliphatic carbocycles. The molecule has 2 saturated carbocycles. The van der Waals surface area contributed by atoms with Gasteiger partial charge >= 0.3 is 5.97 Å². The third-order valence-corrected chi connectivity index (χ3v) is 3.40. The van der Waals surface area contributed by atoms with Crippen LogP contribution in [0.5, 0.6) is 0 Å². The third-order valence-electron chi connectivity index (χ3n) is 3.40. The summed E-state index contributed by atoms with van der Waals surface area (Å²) >= 11 is 0. The number of hydrogen-bond acceptors (Lipinski definition) is 3. The van der Waals surface area contributed by atoms with Crippen LogP contribution in [0.1, 0.15) is 19.3 Å². The fraction of sp³-hybridized carbons (Fsp3) is 0.800. The van der Waals surface area contributed by atoms with Gasteiger partial charge in [-0.3, -0.25) is 4.79 Å². The van der Waals surface area contributed by atoms with Gasteiger partial charge in [-0.15, -0.1) is 0 Å². The van der Waals surface area contributed by atoms with Gasteiger partial charge in [0.2, 0.25) is 0 Å². The first kappa shape index (κ1) is 8.73. The molecule has 0 bridgehead atoms. The zero-order chi connectivity index (χ0) is 9.42. The molecule has 4 atom stereocenters. The maximum Gasteiger partial charge on any atom is 0.309 e. The van der Waals surface area contributed by atoms with Crippen LogP contribution in [-0.2, 0) is 14.3 Å². The third kappa shape index (κ3) is 1.47. The normalized spacial score (nSPS) is 41.9. The van der Waals surface area contributed by atoms with Crippen molar-refractivity contribution in [1.29, 1.82) is 0 Å². The van der Waals surface area contributed by atoms with Gasteiger partial charge in [0.05, 0.1) is 13.0 Å². The van der Waals surface area contributed by atoms with Gasteiger partial charge in [0, 0.05) is 5.92 Å². The summed E-state index contributed by atoms with van der Waals surface area (Å²) in [6.07, 6.45) is 3.89. The monoisotopic (exact) mass is 182 g/mol. The number of hydrogen-bond donors (Lipinski definition) is 0. The smallest absolute Gasteiger partial charge is 0.309 e. The average Bonchev–Trinajstić information content (AvgIpc) is 2.92. The molecule has 2 rings (SSSR count). The molecule has 2 fully saturated rings. The van der Waals surface area contributed by atoms with Crippen LogP contribution in [-0.4, -0.2) is 19.4 Å². The Morgan fingerprint density at radius 1 is 1.31 bits per heavy atom. The van der Waals surface area contributed by atoms with E-state index in [1.165, 1.54) is 13.5 Å². The van der Waals surface area contributed by atoms with Crippen molar-refractivity contribution in [2.45, 2.75) is 19.3 Å². The number of carbonyl (C=O) groups is 2. The van der Waals surface area contributed by atoms with Crippen LogP contribution in [0.2, 0.25) is 0 Å². The Balaban J connectivity index is 2.05. The number of rotatable bonds is 2. The minimum atomic E-state index is -0.206. The highest BCUT2D eigenvalue weighted by molar-refractivity contribution is 5.77. The molecule has 0 amide bonds. The molecule has 0 aromatic carbocycles. The van der Waals surface area contributed by atoms with E-state index in [1.54, 1.807) is 0 Å². The van der Waals surface area contributed by atoms with Crippen LogP contribution in [0.25, 0.3) is 0 Å². The molecule has 0 spiro atoms. The van der Waals surface area contributed by atoms with Gasteiger partial charge < -0.3 is 9.53 Å². The molecular formula is C10H14O3. The zero-order valence-corrected chi connectivity index (χ0v) is 7.73. The van der Waals surface area contributed by atoms with E-state index in [9.17, 15) is 9.59 Å². The molecule has 0 aromatic rings. The molecule has 0 unspecified atom stereocenters. The van der Waals surface area contributed by atoms with Gasteiger partial charge in [0.15, 0.2) is 0 Å². The minimum absolute atomic E-state index is 0.0869. The Bertz CT molecular complexity index is 236. The first-order valence-corrected chi connectivity index (χ1v) is 4.79. The first-order chi connectivity index (χ1) is 6.26. The lowest BCUT2D eigenvalue weighted by molar-refractivity contribution is -0.150. The number of aldehydes is 1. The molecule has 0 saturated heterocycles. The van der Waals surface area contributed by atoms with E-state index in [4.69, 9.17) is 4.74 Å². The molecule has 3 nitrogen and oxygen atoms in total. The second kappa shape index (κ2) is 3.13. The van der Waals surface area contributed by atoms with E-state index in [2.05, 4.69) is 0 Å². The fourth-order valence-corrected chi connectivity index (χ4v) is 2.48. The number of fused-ring (bicyclic) bond motifs is 1. The predicted octanol–water partition coefficient (Wildman–Crippen LogP) is 1.02. The number of methoxy groups -OCH3 is 1. The Morgan fingerprint density at radius 3 is 2.62 bits per heavy atom. The molecule has 3 heteroatoms. The molecule has 2 aliphatic rings. The van der Waals surface area contributed by atoms with E-state index in [0.717, 1.165) is 25.0 Å². The van der Waals surface area contributed by atoms with Crippen molar-refractivity contribution >= 4 is 12.3 Å². The van der Waals surface area contributed by atoms with Crippen LogP contribution in [0.3, 0.4) is 0 Å². The molecule has 72 valence electrons. The largest absolute Gasteiger partial charge is 0.469 e. The summed E-state index contributed by atoms with van der Waals surface area (Å²) in [5, 5.41) is 0. The van der Waals surface area contributed by atoms with Crippen LogP contribution in [0, 0.1) is 23.7 Å². The van der Waals surface area contributed by atoms with Crippen molar-refractivity contribution in [1.82, 2.24) is 0 Å². The fourth-order valence-electron chi connectivity index (χ4n) is 2.48.